The number of para-hydroxylation sites is 1. The topological polar surface area (TPSA) is 76.7 Å². The van der Waals surface area contributed by atoms with Crippen LogP contribution in [-0.4, -0.2) is 18.6 Å². The monoisotopic (exact) mass is 406 g/mol. The number of aryl methyl sites for hydroxylation is 2. The van der Waals surface area contributed by atoms with Crippen LogP contribution in [0.15, 0.2) is 48.5 Å². The van der Waals surface area contributed by atoms with Gasteiger partial charge in [0.2, 0.25) is 6.79 Å². The van der Waals surface area contributed by atoms with Gasteiger partial charge in [-0.25, -0.2) is 0 Å². The average molecular weight is 406 g/mol. The number of hydrogen-bond acceptors (Lipinski definition) is 5. The van der Waals surface area contributed by atoms with Crippen LogP contribution in [0.3, 0.4) is 0 Å². The quantitative estimate of drug-likeness (QED) is 0.670. The summed E-state index contributed by atoms with van der Waals surface area (Å²) in [5.41, 5.74) is 2.73. The zero-order valence-corrected chi connectivity index (χ0v) is 16.3. The maximum atomic E-state index is 12.8. The van der Waals surface area contributed by atoms with Gasteiger partial charge in [-0.1, -0.05) is 12.1 Å². The third-order valence-corrected chi connectivity index (χ3v) is 6.26. The van der Waals surface area contributed by atoms with Crippen LogP contribution in [0.1, 0.15) is 36.9 Å². The highest BCUT2D eigenvalue weighted by molar-refractivity contribution is 7.14. The number of hydrogen-bond donors (Lipinski definition) is 2. The minimum absolute atomic E-state index is 0.174. The lowest BCUT2D eigenvalue weighted by Gasteiger charge is -2.11. The largest absolute Gasteiger partial charge is 0.454 e. The number of carbonyl (C=O) groups excluding carboxylic acids is 2. The van der Waals surface area contributed by atoms with Crippen molar-refractivity contribution in [3.63, 3.8) is 0 Å². The standard InChI is InChI=1S/C22H18N2O4S/c25-21(23-14-8-9-17-18(11-14)28-12-27-17)15-5-1-2-6-16(15)24-22(26)20-10-13-4-3-7-19(13)29-20/h1-2,5-6,8-11H,3-4,7,12H2,(H,23,25)(H,24,26). The highest BCUT2D eigenvalue weighted by Crippen LogP contribution is 2.35. The molecule has 146 valence electrons. The number of carbonyl (C=O) groups is 2. The van der Waals surface area contributed by atoms with Gasteiger partial charge >= 0.3 is 0 Å². The molecule has 2 aromatic carbocycles. The number of ether oxygens (including phenoxy) is 2. The van der Waals surface area contributed by atoms with Gasteiger partial charge in [-0.3, -0.25) is 9.59 Å². The van der Waals surface area contributed by atoms with Crippen LogP contribution in [0.25, 0.3) is 0 Å². The van der Waals surface area contributed by atoms with Crippen LogP contribution >= 0.6 is 11.3 Å². The van der Waals surface area contributed by atoms with Gasteiger partial charge in [0.1, 0.15) is 0 Å². The summed E-state index contributed by atoms with van der Waals surface area (Å²) in [5, 5.41) is 5.74. The second-order valence-corrected chi connectivity index (χ2v) is 8.07. The van der Waals surface area contributed by atoms with E-state index < -0.39 is 0 Å². The normalized spacial score (nSPS) is 13.8. The summed E-state index contributed by atoms with van der Waals surface area (Å²) >= 11 is 1.54. The van der Waals surface area contributed by atoms with Crippen molar-refractivity contribution in [2.75, 3.05) is 17.4 Å². The summed E-state index contributed by atoms with van der Waals surface area (Å²) in [6.07, 6.45) is 3.24. The number of rotatable bonds is 4. The minimum Gasteiger partial charge on any atom is -0.454 e. The number of nitrogens with one attached hydrogen (secondary N) is 2. The Kier molecular flexibility index (Phi) is 4.44. The van der Waals surface area contributed by atoms with E-state index in [1.54, 1.807) is 42.5 Å². The zero-order valence-electron chi connectivity index (χ0n) is 15.5. The Balaban J connectivity index is 1.34. The molecule has 1 aliphatic heterocycles. The first-order chi connectivity index (χ1) is 14.2. The van der Waals surface area contributed by atoms with E-state index in [1.807, 2.05) is 6.07 Å². The Bertz CT molecular complexity index is 1100. The molecule has 0 saturated carbocycles. The predicted octanol–water partition coefficient (Wildman–Crippen LogP) is 4.47. The molecular weight excluding hydrogens is 388 g/mol. The molecule has 0 bridgehead atoms. The first-order valence-electron chi connectivity index (χ1n) is 9.40. The Labute approximate surface area is 171 Å². The number of anilines is 2. The first-order valence-corrected chi connectivity index (χ1v) is 10.2. The van der Waals surface area contributed by atoms with E-state index in [4.69, 9.17) is 9.47 Å². The summed E-state index contributed by atoms with van der Waals surface area (Å²) < 4.78 is 10.6. The summed E-state index contributed by atoms with van der Waals surface area (Å²) in [4.78, 5) is 27.5. The Morgan fingerprint density at radius 2 is 1.76 bits per heavy atom. The molecule has 0 radical (unpaired) electrons. The molecule has 0 atom stereocenters. The van der Waals surface area contributed by atoms with Crippen molar-refractivity contribution in [3.05, 3.63) is 69.4 Å². The lowest BCUT2D eigenvalue weighted by atomic mass is 10.1. The van der Waals surface area contributed by atoms with Crippen molar-refractivity contribution in [1.82, 2.24) is 0 Å². The number of benzene rings is 2. The molecule has 2 amide bonds. The van der Waals surface area contributed by atoms with E-state index in [0.29, 0.717) is 33.3 Å². The van der Waals surface area contributed by atoms with Crippen molar-refractivity contribution in [2.45, 2.75) is 19.3 Å². The van der Waals surface area contributed by atoms with Crippen LogP contribution < -0.4 is 20.1 Å². The second-order valence-electron chi connectivity index (χ2n) is 6.93. The molecule has 2 aliphatic rings. The third-order valence-electron chi connectivity index (χ3n) is 5.02. The molecule has 2 heterocycles. The van der Waals surface area contributed by atoms with Crippen LogP contribution in [0.4, 0.5) is 11.4 Å². The summed E-state index contributed by atoms with van der Waals surface area (Å²) in [7, 11) is 0. The van der Waals surface area contributed by atoms with E-state index >= 15 is 0 Å². The molecule has 29 heavy (non-hydrogen) atoms. The smallest absolute Gasteiger partial charge is 0.265 e. The molecule has 6 nitrogen and oxygen atoms in total. The van der Waals surface area contributed by atoms with E-state index in [2.05, 4.69) is 10.6 Å². The second kappa shape index (κ2) is 7.25. The van der Waals surface area contributed by atoms with Gasteiger partial charge in [0.05, 0.1) is 16.1 Å². The minimum atomic E-state index is -0.312. The predicted molar refractivity (Wildman–Crippen MR) is 111 cm³/mol. The lowest BCUT2D eigenvalue weighted by Crippen LogP contribution is -2.17. The van der Waals surface area contributed by atoms with Crippen LogP contribution in [-0.2, 0) is 12.8 Å². The van der Waals surface area contributed by atoms with Crippen LogP contribution in [0, 0.1) is 0 Å². The molecule has 2 N–H and O–H groups in total. The Morgan fingerprint density at radius 3 is 2.66 bits per heavy atom. The molecule has 0 saturated heterocycles. The van der Waals surface area contributed by atoms with Gasteiger partial charge in [0, 0.05) is 16.6 Å². The van der Waals surface area contributed by atoms with E-state index in [1.165, 1.54) is 21.8 Å². The van der Waals surface area contributed by atoms with E-state index in [-0.39, 0.29) is 18.6 Å². The van der Waals surface area contributed by atoms with Gasteiger partial charge in [-0.15, -0.1) is 11.3 Å². The fourth-order valence-corrected chi connectivity index (χ4v) is 4.74. The fraction of sp³-hybridized carbons (Fsp3) is 0.182. The van der Waals surface area contributed by atoms with Crippen molar-refractivity contribution in [3.8, 4) is 11.5 Å². The number of amides is 2. The molecule has 1 aromatic heterocycles. The van der Waals surface area contributed by atoms with E-state index in [9.17, 15) is 9.59 Å². The average Bonchev–Trinajstić information content (AvgIpc) is 3.44. The van der Waals surface area contributed by atoms with E-state index in [0.717, 1.165) is 19.3 Å². The lowest BCUT2D eigenvalue weighted by molar-refractivity contribution is 0.102. The van der Waals surface area contributed by atoms with Gasteiger partial charge < -0.3 is 20.1 Å². The van der Waals surface area contributed by atoms with Crippen LogP contribution in [0.5, 0.6) is 11.5 Å². The molecule has 0 spiro atoms. The van der Waals surface area contributed by atoms with Crippen molar-refractivity contribution in [2.24, 2.45) is 0 Å². The SMILES string of the molecule is O=C(Nc1ccccc1C(=O)Nc1ccc2c(c1)OCO2)c1cc2c(s1)CCC2. The van der Waals surface area contributed by atoms with Crippen LogP contribution in [0.2, 0.25) is 0 Å². The van der Waals surface area contributed by atoms with Gasteiger partial charge in [0.15, 0.2) is 11.5 Å². The summed E-state index contributed by atoms with van der Waals surface area (Å²) in [5.74, 6) is 0.745. The highest BCUT2D eigenvalue weighted by atomic mass is 32.1. The molecule has 1 aliphatic carbocycles. The zero-order chi connectivity index (χ0) is 19.8. The van der Waals surface area contributed by atoms with Gasteiger partial charge in [0.25, 0.3) is 11.8 Å². The van der Waals surface area contributed by atoms with Gasteiger partial charge in [-0.2, -0.15) is 0 Å². The molecule has 0 unspecified atom stereocenters. The fourth-order valence-electron chi connectivity index (χ4n) is 3.59. The molecule has 5 rings (SSSR count). The summed E-state index contributed by atoms with van der Waals surface area (Å²) in [6.45, 7) is 0.174. The molecule has 7 heteroatoms. The van der Waals surface area contributed by atoms with Crippen molar-refractivity contribution >= 4 is 34.5 Å². The maximum Gasteiger partial charge on any atom is 0.265 e. The van der Waals surface area contributed by atoms with Crippen molar-refractivity contribution < 1.29 is 19.1 Å². The Hall–Kier alpha value is -3.32. The highest BCUT2D eigenvalue weighted by Gasteiger charge is 2.20. The molecule has 0 fully saturated rings. The summed E-state index contributed by atoms with van der Waals surface area (Å²) in [6, 6.07) is 14.2. The Morgan fingerprint density at radius 1 is 0.897 bits per heavy atom. The molecule has 3 aromatic rings. The maximum absolute atomic E-state index is 12.8. The number of fused-ring (bicyclic) bond motifs is 2. The number of thiophene rings is 1. The van der Waals surface area contributed by atoms with Crippen molar-refractivity contribution in [1.29, 1.82) is 0 Å². The third kappa shape index (κ3) is 3.45. The molecular formula is C22H18N2O4S. The van der Waals surface area contributed by atoms with Gasteiger partial charge in [-0.05, 0) is 55.2 Å². The first kappa shape index (κ1) is 17.8.